The molecule has 0 N–H and O–H groups in total. The highest BCUT2D eigenvalue weighted by molar-refractivity contribution is 5.89. The number of rotatable bonds is 4. The van der Waals surface area contributed by atoms with Gasteiger partial charge in [-0.2, -0.15) is 5.10 Å². The second-order valence-electron chi connectivity index (χ2n) is 7.21. The summed E-state index contributed by atoms with van der Waals surface area (Å²) in [5, 5.41) is 9.74. The molecule has 3 heterocycles. The number of hydrogen-bond donors (Lipinski definition) is 0. The Kier molecular flexibility index (Phi) is 4.01. The molecule has 7 nitrogen and oxygen atoms in total. The van der Waals surface area contributed by atoms with E-state index in [1.165, 1.54) is 5.56 Å². The molecular weight excluding hydrogens is 364 g/mol. The van der Waals surface area contributed by atoms with Gasteiger partial charge in [-0.15, -0.1) is 5.10 Å². The van der Waals surface area contributed by atoms with Crippen molar-refractivity contribution in [2.75, 3.05) is 0 Å². The summed E-state index contributed by atoms with van der Waals surface area (Å²) in [4.78, 5) is 9.14. The van der Waals surface area contributed by atoms with E-state index in [1.807, 2.05) is 25.2 Å². The molecule has 0 saturated heterocycles. The Hall–Kier alpha value is -3.74. The van der Waals surface area contributed by atoms with Gasteiger partial charge in [-0.25, -0.2) is 14.5 Å². The van der Waals surface area contributed by atoms with E-state index in [9.17, 15) is 0 Å². The fourth-order valence-electron chi connectivity index (χ4n) is 3.39. The van der Waals surface area contributed by atoms with Crippen LogP contribution in [0.2, 0.25) is 0 Å². The second kappa shape index (κ2) is 6.70. The zero-order valence-corrected chi connectivity index (χ0v) is 16.5. The SMILES string of the molecule is Cc1ccc(C)c(OCc2cccc(-c3nc4c5cnn(C)c5ncn4n3)c2)c1. The molecule has 0 unspecified atom stereocenters. The first kappa shape index (κ1) is 17.4. The third kappa shape index (κ3) is 3.10. The van der Waals surface area contributed by atoms with Crippen LogP contribution in [0.1, 0.15) is 16.7 Å². The monoisotopic (exact) mass is 384 g/mol. The molecule has 0 fully saturated rings. The van der Waals surface area contributed by atoms with E-state index in [0.29, 0.717) is 12.4 Å². The lowest BCUT2D eigenvalue weighted by Gasteiger charge is -2.10. The summed E-state index contributed by atoms with van der Waals surface area (Å²) >= 11 is 0. The van der Waals surface area contributed by atoms with Gasteiger partial charge in [0.2, 0.25) is 0 Å². The molecule has 0 bridgehead atoms. The van der Waals surface area contributed by atoms with Crippen LogP contribution in [0.5, 0.6) is 5.75 Å². The lowest BCUT2D eigenvalue weighted by atomic mass is 10.1. The first-order valence-electron chi connectivity index (χ1n) is 9.41. The minimum atomic E-state index is 0.486. The van der Waals surface area contributed by atoms with Crippen LogP contribution in [0, 0.1) is 13.8 Å². The molecule has 0 aliphatic rings. The number of hydrogen-bond acceptors (Lipinski definition) is 5. The summed E-state index contributed by atoms with van der Waals surface area (Å²) in [5.41, 5.74) is 5.84. The highest BCUT2D eigenvalue weighted by Crippen LogP contribution is 2.23. The van der Waals surface area contributed by atoms with Crippen molar-refractivity contribution in [1.29, 1.82) is 0 Å². The van der Waals surface area contributed by atoms with Crippen LogP contribution >= 0.6 is 0 Å². The summed E-state index contributed by atoms with van der Waals surface area (Å²) < 4.78 is 9.47. The Labute approximate surface area is 167 Å². The average molecular weight is 384 g/mol. The predicted molar refractivity (Wildman–Crippen MR) is 111 cm³/mol. The van der Waals surface area contributed by atoms with Crippen molar-refractivity contribution in [3.05, 3.63) is 71.7 Å². The number of fused-ring (bicyclic) bond motifs is 3. The average Bonchev–Trinajstić information content (AvgIpc) is 3.32. The molecule has 0 saturated carbocycles. The maximum absolute atomic E-state index is 6.05. The molecular formula is C22H20N6O. The van der Waals surface area contributed by atoms with E-state index in [0.717, 1.165) is 39.1 Å². The van der Waals surface area contributed by atoms with E-state index < -0.39 is 0 Å². The normalized spacial score (nSPS) is 11.4. The number of nitrogens with zero attached hydrogens (tertiary/aromatic N) is 6. The first-order valence-corrected chi connectivity index (χ1v) is 9.41. The van der Waals surface area contributed by atoms with E-state index >= 15 is 0 Å². The molecule has 144 valence electrons. The Balaban J connectivity index is 1.46. The maximum Gasteiger partial charge on any atom is 0.182 e. The standard InChI is InChI=1S/C22H20N6O/c1-14-7-8-15(2)19(9-14)29-12-16-5-4-6-17(10-16)20-25-22-18-11-24-27(3)21(18)23-13-28(22)26-20/h4-11,13H,12H2,1-3H3. The van der Waals surface area contributed by atoms with Crippen LogP contribution < -0.4 is 4.74 Å². The molecule has 0 atom stereocenters. The maximum atomic E-state index is 6.05. The fourth-order valence-corrected chi connectivity index (χ4v) is 3.39. The second-order valence-corrected chi connectivity index (χ2v) is 7.21. The predicted octanol–water partition coefficient (Wildman–Crippen LogP) is 3.87. The van der Waals surface area contributed by atoms with Gasteiger partial charge >= 0.3 is 0 Å². The summed E-state index contributed by atoms with van der Waals surface area (Å²) in [5.74, 6) is 1.56. The molecule has 0 spiro atoms. The largest absolute Gasteiger partial charge is 0.489 e. The fraction of sp³-hybridized carbons (Fsp3) is 0.182. The molecule has 3 aromatic heterocycles. The quantitative estimate of drug-likeness (QED) is 0.470. The smallest absolute Gasteiger partial charge is 0.182 e. The van der Waals surface area contributed by atoms with Crippen LogP contribution in [-0.2, 0) is 13.7 Å². The molecule has 0 aliphatic heterocycles. The minimum absolute atomic E-state index is 0.486. The van der Waals surface area contributed by atoms with Gasteiger partial charge in [0.15, 0.2) is 17.1 Å². The van der Waals surface area contributed by atoms with Crippen molar-refractivity contribution in [3.63, 3.8) is 0 Å². The van der Waals surface area contributed by atoms with E-state index in [2.05, 4.69) is 53.3 Å². The third-order valence-corrected chi connectivity index (χ3v) is 4.99. The van der Waals surface area contributed by atoms with Gasteiger partial charge in [0, 0.05) is 12.6 Å². The van der Waals surface area contributed by atoms with Crippen molar-refractivity contribution in [1.82, 2.24) is 29.4 Å². The van der Waals surface area contributed by atoms with Crippen LogP contribution in [0.4, 0.5) is 0 Å². The lowest BCUT2D eigenvalue weighted by molar-refractivity contribution is 0.304. The summed E-state index contributed by atoms with van der Waals surface area (Å²) in [7, 11) is 1.86. The van der Waals surface area contributed by atoms with Crippen molar-refractivity contribution in [2.45, 2.75) is 20.5 Å². The molecule has 2 aromatic carbocycles. The molecule has 5 aromatic rings. The molecule has 29 heavy (non-hydrogen) atoms. The van der Waals surface area contributed by atoms with E-state index in [1.54, 1.807) is 21.7 Å². The van der Waals surface area contributed by atoms with Gasteiger partial charge in [0.1, 0.15) is 18.7 Å². The first-order chi connectivity index (χ1) is 14.1. The minimum Gasteiger partial charge on any atom is -0.489 e. The number of aromatic nitrogens is 6. The topological polar surface area (TPSA) is 70.1 Å². The zero-order valence-electron chi connectivity index (χ0n) is 16.5. The van der Waals surface area contributed by atoms with Crippen LogP contribution in [0.15, 0.2) is 55.0 Å². The van der Waals surface area contributed by atoms with Crippen LogP contribution in [-0.4, -0.2) is 29.4 Å². The molecule has 0 amide bonds. The zero-order chi connectivity index (χ0) is 20.0. The number of ether oxygens (including phenoxy) is 1. The molecule has 7 heteroatoms. The van der Waals surface area contributed by atoms with Crippen molar-refractivity contribution >= 4 is 16.7 Å². The third-order valence-electron chi connectivity index (χ3n) is 4.99. The molecule has 0 radical (unpaired) electrons. The lowest BCUT2D eigenvalue weighted by Crippen LogP contribution is -1.98. The number of aryl methyl sites for hydroxylation is 3. The van der Waals surface area contributed by atoms with Gasteiger partial charge in [-0.05, 0) is 42.7 Å². The highest BCUT2D eigenvalue weighted by atomic mass is 16.5. The Morgan fingerprint density at radius 1 is 1.03 bits per heavy atom. The van der Waals surface area contributed by atoms with Gasteiger partial charge < -0.3 is 4.74 Å². The van der Waals surface area contributed by atoms with Gasteiger partial charge in [0.25, 0.3) is 0 Å². The van der Waals surface area contributed by atoms with E-state index in [4.69, 9.17) is 9.72 Å². The van der Waals surface area contributed by atoms with E-state index in [-0.39, 0.29) is 0 Å². The van der Waals surface area contributed by atoms with Gasteiger partial charge in [0.05, 0.1) is 11.6 Å². The Morgan fingerprint density at radius 2 is 1.93 bits per heavy atom. The summed E-state index contributed by atoms with van der Waals surface area (Å²) in [6.45, 7) is 4.61. The van der Waals surface area contributed by atoms with Crippen molar-refractivity contribution in [2.24, 2.45) is 7.05 Å². The van der Waals surface area contributed by atoms with Crippen LogP contribution in [0.25, 0.3) is 28.1 Å². The van der Waals surface area contributed by atoms with Crippen molar-refractivity contribution in [3.8, 4) is 17.1 Å². The Morgan fingerprint density at radius 3 is 2.83 bits per heavy atom. The highest BCUT2D eigenvalue weighted by Gasteiger charge is 2.13. The summed E-state index contributed by atoms with van der Waals surface area (Å²) in [6.07, 6.45) is 3.44. The Bertz CT molecular complexity index is 1350. The van der Waals surface area contributed by atoms with Crippen molar-refractivity contribution < 1.29 is 4.74 Å². The van der Waals surface area contributed by atoms with Gasteiger partial charge in [-0.1, -0.05) is 30.3 Å². The number of benzene rings is 2. The molecule has 5 rings (SSSR count). The summed E-state index contributed by atoms with van der Waals surface area (Å²) in [6, 6.07) is 14.3. The van der Waals surface area contributed by atoms with Crippen LogP contribution in [0.3, 0.4) is 0 Å². The molecule has 0 aliphatic carbocycles. The van der Waals surface area contributed by atoms with Gasteiger partial charge in [-0.3, -0.25) is 4.68 Å².